The van der Waals surface area contributed by atoms with Gasteiger partial charge in [0.05, 0.1) is 12.3 Å². The fraction of sp³-hybridized carbons (Fsp3) is 0.192. The molecule has 0 radical (unpaired) electrons. The van der Waals surface area contributed by atoms with E-state index in [-0.39, 0.29) is 30.2 Å². The largest absolute Gasteiger partial charge is 0.490 e. The third kappa shape index (κ3) is 5.60. The number of hydrogen-bond acceptors (Lipinski definition) is 5. The van der Waals surface area contributed by atoms with Gasteiger partial charge in [0, 0.05) is 35.8 Å². The van der Waals surface area contributed by atoms with Gasteiger partial charge in [0.2, 0.25) is 0 Å². The maximum atomic E-state index is 12.9. The van der Waals surface area contributed by atoms with Crippen molar-refractivity contribution in [1.29, 1.82) is 0 Å². The molecular weight excluding hydrogens is 470 g/mol. The SMILES string of the molecule is CCOc1cccc(CNC(=O)C(=O)Nc2ccc(-c3cn4cccc(C)c4n3)cc2)c1OC(F)F. The number of carbonyl (C=O) groups is 2. The van der Waals surface area contributed by atoms with Gasteiger partial charge in [0.15, 0.2) is 11.5 Å². The highest BCUT2D eigenvalue weighted by atomic mass is 19.3. The summed E-state index contributed by atoms with van der Waals surface area (Å²) in [5, 5.41) is 4.93. The van der Waals surface area contributed by atoms with E-state index in [2.05, 4.69) is 20.4 Å². The standard InChI is InChI=1S/C26H24F2N4O4/c1-3-35-21-8-4-7-18(22(21)36-26(27)28)14-29-24(33)25(34)30-19-11-9-17(10-12-19)20-15-32-13-5-6-16(2)23(32)31-20/h4-13,15,26H,3,14H2,1-2H3,(H,29,33)(H,30,34). The minimum Gasteiger partial charge on any atom is -0.490 e. The van der Waals surface area contributed by atoms with Crippen LogP contribution in [0.1, 0.15) is 18.1 Å². The van der Waals surface area contributed by atoms with Crippen LogP contribution in [0.25, 0.3) is 16.9 Å². The predicted octanol–water partition coefficient (Wildman–Crippen LogP) is 4.56. The lowest BCUT2D eigenvalue weighted by Gasteiger charge is -2.15. The minimum atomic E-state index is -3.07. The maximum absolute atomic E-state index is 12.9. The highest BCUT2D eigenvalue weighted by Crippen LogP contribution is 2.32. The number of hydrogen-bond donors (Lipinski definition) is 2. The summed E-state index contributed by atoms with van der Waals surface area (Å²) in [5.74, 6) is -1.90. The molecule has 10 heteroatoms. The van der Waals surface area contributed by atoms with Crippen molar-refractivity contribution in [3.63, 3.8) is 0 Å². The Morgan fingerprint density at radius 3 is 2.53 bits per heavy atom. The smallest absolute Gasteiger partial charge is 0.387 e. The molecule has 0 spiro atoms. The van der Waals surface area contributed by atoms with Gasteiger partial charge < -0.3 is 24.5 Å². The summed E-state index contributed by atoms with van der Waals surface area (Å²) in [7, 11) is 0. The van der Waals surface area contributed by atoms with E-state index >= 15 is 0 Å². The number of carbonyl (C=O) groups excluding carboxylic acids is 2. The summed E-state index contributed by atoms with van der Waals surface area (Å²) < 4.78 is 37.6. The molecule has 186 valence electrons. The molecule has 0 fully saturated rings. The number of imidazole rings is 1. The number of fused-ring (bicyclic) bond motifs is 1. The van der Waals surface area contributed by atoms with E-state index in [4.69, 9.17) is 4.74 Å². The third-order valence-corrected chi connectivity index (χ3v) is 5.33. The number of alkyl halides is 2. The fourth-order valence-electron chi connectivity index (χ4n) is 3.65. The normalized spacial score (nSPS) is 10.9. The van der Waals surface area contributed by atoms with E-state index in [1.807, 2.05) is 35.9 Å². The molecule has 2 amide bonds. The zero-order chi connectivity index (χ0) is 25.7. The molecule has 36 heavy (non-hydrogen) atoms. The average Bonchev–Trinajstić information content (AvgIpc) is 3.30. The van der Waals surface area contributed by atoms with Crippen molar-refractivity contribution in [2.24, 2.45) is 0 Å². The highest BCUT2D eigenvalue weighted by molar-refractivity contribution is 6.39. The zero-order valence-electron chi connectivity index (χ0n) is 19.6. The molecule has 4 rings (SSSR count). The maximum Gasteiger partial charge on any atom is 0.387 e. The van der Waals surface area contributed by atoms with Crippen molar-refractivity contribution < 1.29 is 27.8 Å². The summed E-state index contributed by atoms with van der Waals surface area (Å²) in [6, 6.07) is 15.4. The minimum absolute atomic E-state index is 0.120. The molecule has 8 nitrogen and oxygen atoms in total. The molecule has 2 aromatic heterocycles. The first-order valence-electron chi connectivity index (χ1n) is 11.2. The highest BCUT2D eigenvalue weighted by Gasteiger charge is 2.19. The molecule has 0 aliphatic rings. The Balaban J connectivity index is 1.39. The summed E-state index contributed by atoms with van der Waals surface area (Å²) in [6.45, 7) is 0.653. The summed E-state index contributed by atoms with van der Waals surface area (Å²) in [4.78, 5) is 29.3. The molecule has 0 bridgehead atoms. The van der Waals surface area contributed by atoms with Crippen LogP contribution in [0, 0.1) is 6.92 Å². The average molecular weight is 494 g/mol. The molecule has 2 aromatic carbocycles. The predicted molar refractivity (Wildman–Crippen MR) is 130 cm³/mol. The second-order valence-corrected chi connectivity index (χ2v) is 7.82. The molecule has 4 aromatic rings. The van der Waals surface area contributed by atoms with E-state index in [1.54, 1.807) is 37.3 Å². The molecule has 0 atom stereocenters. The van der Waals surface area contributed by atoms with Crippen molar-refractivity contribution >= 4 is 23.1 Å². The van der Waals surface area contributed by atoms with Gasteiger partial charge in [-0.05, 0) is 43.7 Å². The zero-order valence-corrected chi connectivity index (χ0v) is 19.6. The molecule has 0 aliphatic carbocycles. The van der Waals surface area contributed by atoms with Crippen LogP contribution in [0.4, 0.5) is 14.5 Å². The number of nitrogens with one attached hydrogen (secondary N) is 2. The van der Waals surface area contributed by atoms with Gasteiger partial charge in [0.1, 0.15) is 5.65 Å². The van der Waals surface area contributed by atoms with Crippen molar-refractivity contribution in [2.45, 2.75) is 27.0 Å². The van der Waals surface area contributed by atoms with Gasteiger partial charge in [0.25, 0.3) is 0 Å². The molecule has 0 aliphatic heterocycles. The van der Waals surface area contributed by atoms with Crippen LogP contribution in [0.15, 0.2) is 67.0 Å². The van der Waals surface area contributed by atoms with Crippen LogP contribution in [-0.2, 0) is 16.1 Å². The summed E-state index contributed by atoms with van der Waals surface area (Å²) in [5.41, 5.74) is 4.19. The second kappa shape index (κ2) is 10.9. The van der Waals surface area contributed by atoms with Gasteiger partial charge in [-0.1, -0.05) is 30.3 Å². The Kier molecular flexibility index (Phi) is 7.43. The number of aromatic nitrogens is 2. The van der Waals surface area contributed by atoms with Crippen LogP contribution in [0.2, 0.25) is 0 Å². The fourth-order valence-corrected chi connectivity index (χ4v) is 3.65. The number of pyridine rings is 1. The quantitative estimate of drug-likeness (QED) is 0.350. The first kappa shape index (κ1) is 24.6. The van der Waals surface area contributed by atoms with Crippen molar-refractivity contribution in [3.8, 4) is 22.8 Å². The first-order chi connectivity index (χ1) is 17.4. The number of halogens is 2. The summed E-state index contributed by atoms with van der Waals surface area (Å²) in [6.07, 6.45) is 3.83. The van der Waals surface area contributed by atoms with Crippen LogP contribution in [0.3, 0.4) is 0 Å². The van der Waals surface area contributed by atoms with Crippen LogP contribution >= 0.6 is 0 Å². The number of aryl methyl sites for hydroxylation is 1. The van der Waals surface area contributed by atoms with E-state index in [0.29, 0.717) is 5.69 Å². The topological polar surface area (TPSA) is 94.0 Å². The number of nitrogens with zero attached hydrogens (tertiary/aromatic N) is 2. The van der Waals surface area contributed by atoms with E-state index in [9.17, 15) is 18.4 Å². The van der Waals surface area contributed by atoms with Crippen molar-refractivity contribution in [3.05, 3.63) is 78.1 Å². The van der Waals surface area contributed by atoms with Gasteiger partial charge in [-0.25, -0.2) is 4.98 Å². The molecule has 0 saturated carbocycles. The second-order valence-electron chi connectivity index (χ2n) is 7.82. The Hall–Kier alpha value is -4.47. The first-order valence-corrected chi connectivity index (χ1v) is 11.2. The number of rotatable bonds is 8. The van der Waals surface area contributed by atoms with Crippen LogP contribution < -0.4 is 20.1 Å². The van der Waals surface area contributed by atoms with E-state index in [1.165, 1.54) is 12.1 Å². The Morgan fingerprint density at radius 1 is 1.06 bits per heavy atom. The van der Waals surface area contributed by atoms with Crippen LogP contribution in [-0.4, -0.2) is 34.4 Å². The molecular formula is C26H24F2N4O4. The van der Waals surface area contributed by atoms with Crippen molar-refractivity contribution in [2.75, 3.05) is 11.9 Å². The lowest BCUT2D eigenvalue weighted by Crippen LogP contribution is -2.35. The molecule has 0 saturated heterocycles. The van der Waals surface area contributed by atoms with E-state index < -0.39 is 18.4 Å². The number of amides is 2. The van der Waals surface area contributed by atoms with E-state index in [0.717, 1.165) is 22.5 Å². The molecule has 2 N–H and O–H groups in total. The van der Waals surface area contributed by atoms with Crippen LogP contribution in [0.5, 0.6) is 11.5 Å². The van der Waals surface area contributed by atoms with Gasteiger partial charge in [-0.3, -0.25) is 9.59 Å². The third-order valence-electron chi connectivity index (χ3n) is 5.33. The Bertz CT molecular complexity index is 1390. The summed E-state index contributed by atoms with van der Waals surface area (Å²) >= 11 is 0. The molecule has 0 unspecified atom stereocenters. The number of para-hydroxylation sites is 1. The lowest BCUT2D eigenvalue weighted by molar-refractivity contribution is -0.136. The Morgan fingerprint density at radius 2 is 1.83 bits per heavy atom. The van der Waals surface area contributed by atoms with Gasteiger partial charge >= 0.3 is 18.4 Å². The monoisotopic (exact) mass is 494 g/mol. The molecule has 2 heterocycles. The van der Waals surface area contributed by atoms with Gasteiger partial charge in [-0.15, -0.1) is 0 Å². The number of ether oxygens (including phenoxy) is 2. The number of benzene rings is 2. The Labute approximate surface area is 205 Å². The number of anilines is 1. The van der Waals surface area contributed by atoms with Crippen molar-refractivity contribution in [1.82, 2.24) is 14.7 Å². The van der Waals surface area contributed by atoms with Gasteiger partial charge in [-0.2, -0.15) is 8.78 Å². The lowest BCUT2D eigenvalue weighted by atomic mass is 10.1.